The second-order valence-corrected chi connectivity index (χ2v) is 6.34. The smallest absolute Gasteiger partial charge is 0.225 e. The molecule has 0 spiro atoms. The Balaban J connectivity index is 1.53. The molecule has 5 unspecified atom stereocenters. The van der Waals surface area contributed by atoms with Crippen LogP contribution in [0, 0.1) is 23.7 Å². The van der Waals surface area contributed by atoms with E-state index in [0.29, 0.717) is 18.9 Å². The van der Waals surface area contributed by atoms with E-state index < -0.39 is 0 Å². The zero-order valence-corrected chi connectivity index (χ0v) is 10.9. The molecule has 0 aromatic heterocycles. The number of hydrogen-bond donors (Lipinski definition) is 2. The van der Waals surface area contributed by atoms with Crippen LogP contribution >= 0.6 is 0 Å². The highest BCUT2D eigenvalue weighted by Gasteiger charge is 2.42. The molecule has 2 aliphatic carbocycles. The summed E-state index contributed by atoms with van der Waals surface area (Å²) in [6.45, 7) is 2.64. The van der Waals surface area contributed by atoms with E-state index in [9.17, 15) is 9.59 Å². The number of nitrogens with one attached hydrogen (secondary N) is 2. The van der Waals surface area contributed by atoms with Gasteiger partial charge in [0.2, 0.25) is 11.8 Å². The number of carbonyl (C=O) groups excluding carboxylic acids is 2. The van der Waals surface area contributed by atoms with Crippen molar-refractivity contribution in [1.29, 1.82) is 0 Å². The molecule has 18 heavy (non-hydrogen) atoms. The van der Waals surface area contributed by atoms with Crippen LogP contribution in [0.4, 0.5) is 0 Å². The fourth-order valence-corrected chi connectivity index (χ4v) is 4.15. The van der Waals surface area contributed by atoms with Gasteiger partial charge in [-0.15, -0.1) is 0 Å². The highest BCUT2D eigenvalue weighted by Crippen LogP contribution is 2.49. The first-order valence-electron chi connectivity index (χ1n) is 7.20. The minimum atomic E-state index is -0.154. The van der Waals surface area contributed by atoms with Crippen LogP contribution in [-0.4, -0.2) is 24.4 Å². The molecule has 5 atom stereocenters. The molecule has 100 valence electrons. The fourth-order valence-electron chi connectivity index (χ4n) is 4.15. The van der Waals surface area contributed by atoms with Crippen molar-refractivity contribution in [2.75, 3.05) is 6.54 Å². The first-order chi connectivity index (χ1) is 8.63. The highest BCUT2D eigenvalue weighted by atomic mass is 16.2. The zero-order chi connectivity index (χ0) is 12.7. The monoisotopic (exact) mass is 250 g/mol. The average molecular weight is 250 g/mol. The lowest BCUT2D eigenvalue weighted by atomic mass is 9.84. The average Bonchev–Trinajstić information content (AvgIpc) is 3.03. The van der Waals surface area contributed by atoms with Crippen molar-refractivity contribution in [1.82, 2.24) is 10.6 Å². The summed E-state index contributed by atoms with van der Waals surface area (Å²) in [4.78, 5) is 23.2. The third-order valence-corrected chi connectivity index (χ3v) is 5.15. The number of amides is 2. The van der Waals surface area contributed by atoms with Gasteiger partial charge in [-0.2, -0.15) is 0 Å². The van der Waals surface area contributed by atoms with Gasteiger partial charge in [-0.05, 0) is 43.9 Å². The molecule has 0 aromatic rings. The van der Waals surface area contributed by atoms with Gasteiger partial charge in [0.05, 0.1) is 5.92 Å². The molecule has 1 saturated heterocycles. The quantitative estimate of drug-likeness (QED) is 0.787. The van der Waals surface area contributed by atoms with Crippen molar-refractivity contribution < 1.29 is 9.59 Å². The van der Waals surface area contributed by atoms with Gasteiger partial charge < -0.3 is 10.6 Å². The summed E-state index contributed by atoms with van der Waals surface area (Å²) in [5.41, 5.74) is 0. The standard InChI is InChI=1S/C14H22N2O2/c1-8(12-5-9-2-3-10(12)4-9)16-14(18)11-6-13(17)15-7-11/h8-12H,2-7H2,1H3,(H,15,17)(H,16,18). The lowest BCUT2D eigenvalue weighted by Gasteiger charge is -2.29. The molecular weight excluding hydrogens is 228 g/mol. The maximum Gasteiger partial charge on any atom is 0.225 e. The van der Waals surface area contributed by atoms with Crippen LogP contribution in [0.1, 0.15) is 39.0 Å². The van der Waals surface area contributed by atoms with Gasteiger partial charge in [-0.25, -0.2) is 0 Å². The second kappa shape index (κ2) is 4.56. The summed E-state index contributed by atoms with van der Waals surface area (Å²) in [6.07, 6.45) is 5.75. The van der Waals surface area contributed by atoms with Crippen molar-refractivity contribution >= 4 is 11.8 Å². The number of hydrogen-bond acceptors (Lipinski definition) is 2. The second-order valence-electron chi connectivity index (χ2n) is 6.34. The van der Waals surface area contributed by atoms with Crippen molar-refractivity contribution in [3.8, 4) is 0 Å². The topological polar surface area (TPSA) is 58.2 Å². The van der Waals surface area contributed by atoms with Crippen LogP contribution in [0.15, 0.2) is 0 Å². The highest BCUT2D eigenvalue weighted by molar-refractivity contribution is 5.89. The molecule has 2 N–H and O–H groups in total. The Labute approximate surface area is 108 Å². The predicted octanol–water partition coefficient (Wildman–Crippen LogP) is 1.06. The van der Waals surface area contributed by atoms with Crippen LogP contribution in [0.5, 0.6) is 0 Å². The van der Waals surface area contributed by atoms with Gasteiger partial charge in [-0.1, -0.05) is 6.42 Å². The van der Waals surface area contributed by atoms with Crippen LogP contribution < -0.4 is 10.6 Å². The molecule has 3 aliphatic rings. The Bertz CT molecular complexity index is 369. The maximum absolute atomic E-state index is 12.1. The Morgan fingerprint density at radius 2 is 2.22 bits per heavy atom. The number of fused-ring (bicyclic) bond motifs is 2. The molecule has 4 nitrogen and oxygen atoms in total. The Morgan fingerprint density at radius 1 is 1.39 bits per heavy atom. The van der Waals surface area contributed by atoms with Gasteiger partial charge >= 0.3 is 0 Å². The predicted molar refractivity (Wildman–Crippen MR) is 67.7 cm³/mol. The first-order valence-corrected chi connectivity index (χ1v) is 7.20. The molecule has 2 amide bonds. The van der Waals surface area contributed by atoms with Crippen LogP contribution in [0.2, 0.25) is 0 Å². The Kier molecular flexibility index (Phi) is 3.04. The normalized spacial score (nSPS) is 39.7. The van der Waals surface area contributed by atoms with E-state index in [-0.39, 0.29) is 23.8 Å². The van der Waals surface area contributed by atoms with E-state index in [0.717, 1.165) is 11.8 Å². The number of carbonyl (C=O) groups is 2. The molecule has 3 fully saturated rings. The van der Waals surface area contributed by atoms with Crippen molar-refractivity contribution in [3.05, 3.63) is 0 Å². The van der Waals surface area contributed by atoms with Crippen molar-refractivity contribution in [3.63, 3.8) is 0 Å². The molecule has 2 saturated carbocycles. The van der Waals surface area contributed by atoms with E-state index in [1.807, 2.05) is 0 Å². The lowest BCUT2D eigenvalue weighted by molar-refractivity contribution is -0.127. The third-order valence-electron chi connectivity index (χ3n) is 5.15. The Morgan fingerprint density at radius 3 is 2.78 bits per heavy atom. The molecule has 2 bridgehead atoms. The van der Waals surface area contributed by atoms with Crippen molar-refractivity contribution in [2.45, 2.75) is 45.1 Å². The molecule has 1 heterocycles. The number of rotatable bonds is 3. The van der Waals surface area contributed by atoms with Gasteiger partial charge in [0.15, 0.2) is 0 Å². The summed E-state index contributed by atoms with van der Waals surface area (Å²) in [5, 5.41) is 5.86. The minimum absolute atomic E-state index is 0.00252. The minimum Gasteiger partial charge on any atom is -0.355 e. The van der Waals surface area contributed by atoms with Gasteiger partial charge in [0, 0.05) is 19.0 Å². The lowest BCUT2D eigenvalue weighted by Crippen LogP contribution is -2.43. The van der Waals surface area contributed by atoms with Crippen LogP contribution in [0.3, 0.4) is 0 Å². The van der Waals surface area contributed by atoms with Gasteiger partial charge in [-0.3, -0.25) is 9.59 Å². The largest absolute Gasteiger partial charge is 0.355 e. The van der Waals surface area contributed by atoms with E-state index >= 15 is 0 Å². The summed E-state index contributed by atoms with van der Waals surface area (Å²) in [7, 11) is 0. The summed E-state index contributed by atoms with van der Waals surface area (Å²) < 4.78 is 0. The molecule has 1 aliphatic heterocycles. The zero-order valence-electron chi connectivity index (χ0n) is 10.9. The van der Waals surface area contributed by atoms with E-state index in [1.54, 1.807) is 0 Å². The van der Waals surface area contributed by atoms with E-state index in [4.69, 9.17) is 0 Å². The maximum atomic E-state index is 12.1. The Hall–Kier alpha value is -1.06. The first kappa shape index (κ1) is 12.0. The van der Waals surface area contributed by atoms with Crippen molar-refractivity contribution in [2.24, 2.45) is 23.7 Å². The fraction of sp³-hybridized carbons (Fsp3) is 0.857. The SMILES string of the molecule is CC(NC(=O)C1CNC(=O)C1)C1CC2CCC1C2. The summed E-state index contributed by atoms with van der Waals surface area (Å²) >= 11 is 0. The molecule has 3 rings (SSSR count). The van der Waals surface area contributed by atoms with Crippen LogP contribution in [0.25, 0.3) is 0 Å². The summed E-state index contributed by atoms with van der Waals surface area (Å²) in [5.74, 6) is 2.31. The van der Waals surface area contributed by atoms with Crippen LogP contribution in [-0.2, 0) is 9.59 Å². The molecular formula is C14H22N2O2. The summed E-state index contributed by atoms with van der Waals surface area (Å²) in [6, 6.07) is 0.267. The third kappa shape index (κ3) is 2.13. The van der Waals surface area contributed by atoms with Gasteiger partial charge in [0.1, 0.15) is 0 Å². The molecule has 0 radical (unpaired) electrons. The van der Waals surface area contributed by atoms with Gasteiger partial charge in [0.25, 0.3) is 0 Å². The molecule has 0 aromatic carbocycles. The van der Waals surface area contributed by atoms with E-state index in [2.05, 4.69) is 17.6 Å². The van der Waals surface area contributed by atoms with E-state index in [1.165, 1.54) is 25.7 Å². The molecule has 4 heteroatoms.